The molecule has 0 aliphatic carbocycles. The van der Waals surface area contributed by atoms with Gasteiger partial charge >= 0.3 is 0 Å². The van der Waals surface area contributed by atoms with Gasteiger partial charge in [-0.15, -0.1) is 0 Å². The standard InChI is InChI=1S/C16H14N2O4/c19-9-12(14-6-3-7-22-14)18-16(21)15-10-4-1-2-5-11(10)17-8-13(15)20/h1-8,12,19-20H,9H2,(H,18,21). The van der Waals surface area contributed by atoms with E-state index in [1.807, 2.05) is 0 Å². The molecule has 22 heavy (non-hydrogen) atoms. The predicted molar refractivity (Wildman–Crippen MR) is 79.4 cm³/mol. The number of aliphatic hydroxyl groups excluding tert-OH is 1. The monoisotopic (exact) mass is 298 g/mol. The highest BCUT2D eigenvalue weighted by Crippen LogP contribution is 2.26. The van der Waals surface area contributed by atoms with Crippen molar-refractivity contribution in [3.05, 3.63) is 60.2 Å². The highest BCUT2D eigenvalue weighted by molar-refractivity contribution is 6.08. The van der Waals surface area contributed by atoms with Crippen LogP contribution < -0.4 is 5.32 Å². The minimum absolute atomic E-state index is 0.121. The van der Waals surface area contributed by atoms with Crippen molar-refractivity contribution in [3.63, 3.8) is 0 Å². The van der Waals surface area contributed by atoms with Crippen LogP contribution in [0.15, 0.2) is 53.3 Å². The van der Waals surface area contributed by atoms with Crippen molar-refractivity contribution in [2.45, 2.75) is 6.04 Å². The number of carbonyl (C=O) groups is 1. The number of rotatable bonds is 4. The van der Waals surface area contributed by atoms with E-state index in [0.717, 1.165) is 0 Å². The number of aliphatic hydroxyl groups is 1. The summed E-state index contributed by atoms with van der Waals surface area (Å²) in [5.41, 5.74) is 0.722. The van der Waals surface area contributed by atoms with E-state index >= 15 is 0 Å². The second-order valence-electron chi connectivity index (χ2n) is 4.76. The molecule has 112 valence electrons. The molecule has 2 aromatic heterocycles. The van der Waals surface area contributed by atoms with E-state index in [1.54, 1.807) is 36.4 Å². The maximum Gasteiger partial charge on any atom is 0.256 e. The van der Waals surface area contributed by atoms with Crippen LogP contribution in [0.25, 0.3) is 10.9 Å². The summed E-state index contributed by atoms with van der Waals surface area (Å²) in [6.07, 6.45) is 2.70. The zero-order valence-electron chi connectivity index (χ0n) is 11.6. The van der Waals surface area contributed by atoms with Gasteiger partial charge in [-0.05, 0) is 18.2 Å². The lowest BCUT2D eigenvalue weighted by Crippen LogP contribution is -2.30. The van der Waals surface area contributed by atoms with Crippen molar-refractivity contribution in [2.24, 2.45) is 0 Å². The average Bonchev–Trinajstić information content (AvgIpc) is 3.06. The number of para-hydroxylation sites is 1. The molecule has 3 rings (SSSR count). The first-order valence-corrected chi connectivity index (χ1v) is 6.72. The molecule has 6 nitrogen and oxygen atoms in total. The number of benzene rings is 1. The fourth-order valence-corrected chi connectivity index (χ4v) is 2.30. The van der Waals surface area contributed by atoms with E-state index in [1.165, 1.54) is 12.5 Å². The molecule has 1 amide bonds. The number of nitrogens with zero attached hydrogens (tertiary/aromatic N) is 1. The molecule has 3 N–H and O–H groups in total. The molecule has 0 spiro atoms. The Balaban J connectivity index is 1.97. The number of hydrogen-bond donors (Lipinski definition) is 3. The van der Waals surface area contributed by atoms with Gasteiger partial charge in [-0.1, -0.05) is 18.2 Å². The highest BCUT2D eigenvalue weighted by Gasteiger charge is 2.21. The molecule has 6 heteroatoms. The molecule has 0 saturated heterocycles. The summed E-state index contributed by atoms with van der Waals surface area (Å²) < 4.78 is 5.19. The fourth-order valence-electron chi connectivity index (χ4n) is 2.30. The van der Waals surface area contributed by atoms with Crippen LogP contribution in [-0.2, 0) is 0 Å². The second kappa shape index (κ2) is 5.87. The van der Waals surface area contributed by atoms with E-state index in [4.69, 9.17) is 4.42 Å². The van der Waals surface area contributed by atoms with Crippen molar-refractivity contribution >= 4 is 16.8 Å². The Hall–Kier alpha value is -2.86. The number of aromatic hydroxyl groups is 1. The third kappa shape index (κ3) is 2.51. The quantitative estimate of drug-likeness (QED) is 0.684. The van der Waals surface area contributed by atoms with Gasteiger partial charge in [0.1, 0.15) is 17.6 Å². The van der Waals surface area contributed by atoms with Crippen LogP contribution >= 0.6 is 0 Å². The molecule has 2 heterocycles. The summed E-state index contributed by atoms with van der Waals surface area (Å²) in [6, 6.07) is 9.66. The summed E-state index contributed by atoms with van der Waals surface area (Å²) >= 11 is 0. The zero-order chi connectivity index (χ0) is 15.5. The smallest absolute Gasteiger partial charge is 0.256 e. The minimum atomic E-state index is -0.686. The Morgan fingerprint density at radius 2 is 2.09 bits per heavy atom. The highest BCUT2D eigenvalue weighted by atomic mass is 16.3. The average molecular weight is 298 g/mol. The summed E-state index contributed by atoms with van der Waals surface area (Å²) in [4.78, 5) is 16.6. The van der Waals surface area contributed by atoms with Gasteiger partial charge in [-0.2, -0.15) is 0 Å². The number of hydrogen-bond acceptors (Lipinski definition) is 5. The molecule has 0 fully saturated rings. The maximum atomic E-state index is 12.5. The first kappa shape index (κ1) is 14.1. The lowest BCUT2D eigenvalue weighted by molar-refractivity contribution is 0.0906. The lowest BCUT2D eigenvalue weighted by Gasteiger charge is -2.15. The van der Waals surface area contributed by atoms with E-state index in [9.17, 15) is 15.0 Å². The number of fused-ring (bicyclic) bond motifs is 1. The predicted octanol–water partition coefficient (Wildman–Crippen LogP) is 2.00. The Morgan fingerprint density at radius 1 is 1.27 bits per heavy atom. The second-order valence-corrected chi connectivity index (χ2v) is 4.76. The Bertz CT molecular complexity index is 799. The Kier molecular flexibility index (Phi) is 3.76. The number of aromatic nitrogens is 1. The Morgan fingerprint density at radius 3 is 2.82 bits per heavy atom. The van der Waals surface area contributed by atoms with Crippen molar-refractivity contribution in [3.8, 4) is 5.75 Å². The van der Waals surface area contributed by atoms with Crippen LogP contribution in [0.5, 0.6) is 5.75 Å². The van der Waals surface area contributed by atoms with Gasteiger partial charge in [0.05, 0.1) is 30.1 Å². The molecule has 0 aliphatic heterocycles. The van der Waals surface area contributed by atoms with Crippen LogP contribution in [0, 0.1) is 0 Å². The molecule has 0 aliphatic rings. The summed E-state index contributed by atoms with van der Waals surface area (Å²) in [5.74, 6) is -0.285. The molecular formula is C16H14N2O4. The van der Waals surface area contributed by atoms with Gasteiger partial charge in [0.15, 0.2) is 0 Å². The lowest BCUT2D eigenvalue weighted by atomic mass is 10.1. The van der Waals surface area contributed by atoms with Gasteiger partial charge in [0, 0.05) is 5.39 Å². The molecule has 0 saturated carbocycles. The van der Waals surface area contributed by atoms with E-state index < -0.39 is 11.9 Å². The maximum absolute atomic E-state index is 12.5. The third-order valence-electron chi connectivity index (χ3n) is 3.36. The van der Waals surface area contributed by atoms with Gasteiger partial charge < -0.3 is 19.9 Å². The summed E-state index contributed by atoms with van der Waals surface area (Å²) in [7, 11) is 0. The van der Waals surface area contributed by atoms with Crippen LogP contribution in [0.2, 0.25) is 0 Å². The topological polar surface area (TPSA) is 95.6 Å². The molecule has 0 bridgehead atoms. The molecule has 0 radical (unpaired) electrons. The third-order valence-corrected chi connectivity index (χ3v) is 3.36. The van der Waals surface area contributed by atoms with Crippen LogP contribution in [0.4, 0.5) is 0 Å². The molecule has 1 atom stereocenters. The van der Waals surface area contributed by atoms with Gasteiger partial charge in [-0.3, -0.25) is 9.78 Å². The number of nitrogens with one attached hydrogen (secondary N) is 1. The summed E-state index contributed by atoms with van der Waals surface area (Å²) in [5, 5.41) is 22.6. The normalized spacial score (nSPS) is 12.2. The van der Waals surface area contributed by atoms with Crippen LogP contribution in [-0.4, -0.2) is 27.7 Å². The first-order valence-electron chi connectivity index (χ1n) is 6.72. The minimum Gasteiger partial charge on any atom is -0.505 e. The number of furan rings is 1. The summed E-state index contributed by atoms with van der Waals surface area (Å²) in [6.45, 7) is -0.316. The largest absolute Gasteiger partial charge is 0.505 e. The van der Waals surface area contributed by atoms with Crippen LogP contribution in [0.1, 0.15) is 22.2 Å². The van der Waals surface area contributed by atoms with Gasteiger partial charge in [0.25, 0.3) is 5.91 Å². The zero-order valence-corrected chi connectivity index (χ0v) is 11.6. The fraction of sp³-hybridized carbons (Fsp3) is 0.125. The Labute approximate surface area is 126 Å². The van der Waals surface area contributed by atoms with E-state index in [2.05, 4.69) is 10.3 Å². The van der Waals surface area contributed by atoms with Gasteiger partial charge in [-0.25, -0.2) is 0 Å². The molecule has 1 unspecified atom stereocenters. The van der Waals surface area contributed by atoms with Crippen molar-refractivity contribution in [1.29, 1.82) is 0 Å². The van der Waals surface area contributed by atoms with Crippen molar-refractivity contribution < 1.29 is 19.4 Å². The van der Waals surface area contributed by atoms with Crippen molar-refractivity contribution in [2.75, 3.05) is 6.61 Å². The van der Waals surface area contributed by atoms with Crippen molar-refractivity contribution in [1.82, 2.24) is 10.3 Å². The molecule has 1 aromatic carbocycles. The van der Waals surface area contributed by atoms with Gasteiger partial charge in [0.2, 0.25) is 0 Å². The van der Waals surface area contributed by atoms with Crippen LogP contribution in [0.3, 0.4) is 0 Å². The number of amides is 1. The first-order chi connectivity index (χ1) is 10.7. The van der Waals surface area contributed by atoms with E-state index in [-0.39, 0.29) is 17.9 Å². The number of pyridine rings is 1. The SMILES string of the molecule is O=C(NC(CO)c1ccco1)c1c(O)cnc2ccccc12. The molecule has 3 aromatic rings. The van der Waals surface area contributed by atoms with E-state index in [0.29, 0.717) is 16.7 Å². The molecular weight excluding hydrogens is 284 g/mol. The number of carbonyl (C=O) groups excluding carboxylic acids is 1.